The van der Waals surface area contributed by atoms with Gasteiger partial charge in [0.25, 0.3) is 0 Å². The standard InChI is InChI=1S/C11H16ClNO2/c12-4-6-15-7-5-13-9-10-2-1-3-11(14)8-10/h1-3,8,13-14H,4-7,9H2. The van der Waals surface area contributed by atoms with Crippen LogP contribution in [0.15, 0.2) is 24.3 Å². The average molecular weight is 230 g/mol. The van der Waals surface area contributed by atoms with Gasteiger partial charge in [-0.05, 0) is 17.7 Å². The van der Waals surface area contributed by atoms with Gasteiger partial charge in [0.15, 0.2) is 0 Å². The van der Waals surface area contributed by atoms with Crippen LogP contribution in [-0.4, -0.2) is 30.7 Å². The lowest BCUT2D eigenvalue weighted by molar-refractivity contribution is 0.151. The van der Waals surface area contributed by atoms with Gasteiger partial charge in [-0.25, -0.2) is 0 Å². The molecule has 0 bridgehead atoms. The summed E-state index contributed by atoms with van der Waals surface area (Å²) in [5, 5.41) is 12.4. The van der Waals surface area contributed by atoms with Gasteiger partial charge in [-0.1, -0.05) is 12.1 Å². The van der Waals surface area contributed by atoms with Gasteiger partial charge in [0.1, 0.15) is 5.75 Å². The van der Waals surface area contributed by atoms with Crippen LogP contribution >= 0.6 is 11.6 Å². The van der Waals surface area contributed by atoms with Crippen molar-refractivity contribution in [3.05, 3.63) is 29.8 Å². The molecule has 0 saturated carbocycles. The molecule has 0 saturated heterocycles. The largest absolute Gasteiger partial charge is 0.508 e. The molecule has 0 radical (unpaired) electrons. The molecule has 0 unspecified atom stereocenters. The van der Waals surface area contributed by atoms with Gasteiger partial charge >= 0.3 is 0 Å². The number of hydrogen-bond donors (Lipinski definition) is 2. The second kappa shape index (κ2) is 7.51. The fourth-order valence-electron chi connectivity index (χ4n) is 1.20. The first-order valence-electron chi connectivity index (χ1n) is 4.95. The first kappa shape index (κ1) is 12.3. The number of benzene rings is 1. The van der Waals surface area contributed by atoms with E-state index in [9.17, 15) is 5.11 Å². The third kappa shape index (κ3) is 5.62. The van der Waals surface area contributed by atoms with Crippen LogP contribution in [0.5, 0.6) is 5.75 Å². The summed E-state index contributed by atoms with van der Waals surface area (Å²) in [6.45, 7) is 2.77. The Kier molecular flexibility index (Phi) is 6.16. The summed E-state index contributed by atoms with van der Waals surface area (Å²) in [5.41, 5.74) is 1.06. The van der Waals surface area contributed by atoms with Crippen molar-refractivity contribution in [3.63, 3.8) is 0 Å². The number of aromatic hydroxyl groups is 1. The molecule has 0 heterocycles. The zero-order valence-electron chi connectivity index (χ0n) is 8.58. The van der Waals surface area contributed by atoms with E-state index >= 15 is 0 Å². The molecule has 84 valence electrons. The minimum absolute atomic E-state index is 0.299. The van der Waals surface area contributed by atoms with Crippen LogP contribution in [0.3, 0.4) is 0 Å². The molecule has 1 rings (SSSR count). The summed E-state index contributed by atoms with van der Waals surface area (Å²) in [4.78, 5) is 0. The molecule has 0 aliphatic carbocycles. The fourth-order valence-corrected chi connectivity index (χ4v) is 1.31. The number of rotatable bonds is 7. The Morgan fingerprint density at radius 2 is 2.20 bits per heavy atom. The highest BCUT2D eigenvalue weighted by Gasteiger charge is 1.93. The van der Waals surface area contributed by atoms with Gasteiger partial charge in [0, 0.05) is 19.0 Å². The maximum atomic E-state index is 9.22. The number of alkyl halides is 1. The van der Waals surface area contributed by atoms with Crippen molar-refractivity contribution in [2.75, 3.05) is 25.6 Å². The number of ether oxygens (including phenoxy) is 1. The second-order valence-corrected chi connectivity index (χ2v) is 3.53. The molecule has 0 fully saturated rings. The van der Waals surface area contributed by atoms with Gasteiger partial charge in [-0.15, -0.1) is 11.6 Å². The van der Waals surface area contributed by atoms with Crippen molar-refractivity contribution in [3.8, 4) is 5.75 Å². The lowest BCUT2D eigenvalue weighted by Gasteiger charge is -2.05. The van der Waals surface area contributed by atoms with Crippen molar-refractivity contribution < 1.29 is 9.84 Å². The highest BCUT2D eigenvalue weighted by molar-refractivity contribution is 6.17. The first-order valence-corrected chi connectivity index (χ1v) is 5.48. The number of nitrogens with one attached hydrogen (secondary N) is 1. The molecule has 15 heavy (non-hydrogen) atoms. The van der Waals surface area contributed by atoms with Gasteiger partial charge in [-0.2, -0.15) is 0 Å². The summed E-state index contributed by atoms with van der Waals surface area (Å²) < 4.78 is 5.20. The Labute approximate surface area is 95.0 Å². The molecule has 4 heteroatoms. The minimum atomic E-state index is 0.299. The van der Waals surface area contributed by atoms with E-state index in [1.807, 2.05) is 12.1 Å². The van der Waals surface area contributed by atoms with E-state index in [1.54, 1.807) is 12.1 Å². The molecule has 0 amide bonds. The normalized spacial score (nSPS) is 10.5. The maximum Gasteiger partial charge on any atom is 0.115 e. The smallest absolute Gasteiger partial charge is 0.115 e. The first-order chi connectivity index (χ1) is 7.33. The van der Waals surface area contributed by atoms with E-state index in [0.29, 0.717) is 24.8 Å². The Hall–Kier alpha value is -0.770. The van der Waals surface area contributed by atoms with Crippen LogP contribution in [0.4, 0.5) is 0 Å². The Bertz CT molecular complexity index is 281. The maximum absolute atomic E-state index is 9.22. The lowest BCUT2D eigenvalue weighted by Crippen LogP contribution is -2.19. The second-order valence-electron chi connectivity index (χ2n) is 3.15. The zero-order chi connectivity index (χ0) is 10.9. The number of hydrogen-bond acceptors (Lipinski definition) is 3. The van der Waals surface area contributed by atoms with Gasteiger partial charge in [0.2, 0.25) is 0 Å². The molecule has 0 atom stereocenters. The average Bonchev–Trinajstić information content (AvgIpc) is 2.23. The minimum Gasteiger partial charge on any atom is -0.508 e. The molecule has 0 aliphatic heterocycles. The van der Waals surface area contributed by atoms with Crippen LogP contribution in [0.2, 0.25) is 0 Å². The highest BCUT2D eigenvalue weighted by atomic mass is 35.5. The predicted octanol–water partition coefficient (Wildman–Crippen LogP) is 1.74. The molecular weight excluding hydrogens is 214 g/mol. The van der Waals surface area contributed by atoms with E-state index in [2.05, 4.69) is 5.32 Å². The topological polar surface area (TPSA) is 41.5 Å². The summed E-state index contributed by atoms with van der Waals surface area (Å²) >= 11 is 5.45. The van der Waals surface area contributed by atoms with Crippen LogP contribution in [0.1, 0.15) is 5.56 Å². The Balaban J connectivity index is 2.10. The van der Waals surface area contributed by atoms with E-state index < -0.39 is 0 Å². The van der Waals surface area contributed by atoms with Crippen molar-refractivity contribution in [2.45, 2.75) is 6.54 Å². The molecule has 0 spiro atoms. The van der Waals surface area contributed by atoms with Crippen molar-refractivity contribution in [2.24, 2.45) is 0 Å². The van der Waals surface area contributed by atoms with Crippen molar-refractivity contribution in [1.29, 1.82) is 0 Å². The number of halogens is 1. The SMILES string of the molecule is Oc1cccc(CNCCOCCCl)c1. The highest BCUT2D eigenvalue weighted by Crippen LogP contribution is 2.10. The molecule has 1 aromatic rings. The van der Waals surface area contributed by atoms with E-state index in [1.165, 1.54) is 0 Å². The molecule has 0 aromatic heterocycles. The third-order valence-corrected chi connectivity index (χ3v) is 2.04. The van der Waals surface area contributed by atoms with Crippen LogP contribution in [0.25, 0.3) is 0 Å². The van der Waals surface area contributed by atoms with E-state index in [-0.39, 0.29) is 0 Å². The molecular formula is C11H16ClNO2. The van der Waals surface area contributed by atoms with Crippen LogP contribution in [0, 0.1) is 0 Å². The summed E-state index contributed by atoms with van der Waals surface area (Å²) in [7, 11) is 0. The van der Waals surface area contributed by atoms with Crippen molar-refractivity contribution in [1.82, 2.24) is 5.32 Å². The van der Waals surface area contributed by atoms with Crippen LogP contribution < -0.4 is 5.32 Å². The molecule has 0 aliphatic rings. The summed E-state index contributed by atoms with van der Waals surface area (Å²) in [6, 6.07) is 7.20. The number of phenolic OH excluding ortho intramolecular Hbond substituents is 1. The molecule has 2 N–H and O–H groups in total. The van der Waals surface area contributed by atoms with Gasteiger partial charge in [0.05, 0.1) is 13.2 Å². The van der Waals surface area contributed by atoms with Gasteiger partial charge in [-0.3, -0.25) is 0 Å². The zero-order valence-corrected chi connectivity index (χ0v) is 9.33. The predicted molar refractivity (Wildman–Crippen MR) is 61.4 cm³/mol. The van der Waals surface area contributed by atoms with Gasteiger partial charge < -0.3 is 15.2 Å². The number of phenols is 1. The summed E-state index contributed by atoms with van der Waals surface area (Å²) in [6.07, 6.45) is 0. The molecule has 3 nitrogen and oxygen atoms in total. The fraction of sp³-hybridized carbons (Fsp3) is 0.455. The summed E-state index contributed by atoms with van der Waals surface area (Å²) in [5.74, 6) is 0.833. The molecule has 1 aromatic carbocycles. The monoisotopic (exact) mass is 229 g/mol. The van der Waals surface area contributed by atoms with Crippen LogP contribution in [-0.2, 0) is 11.3 Å². The quantitative estimate of drug-likeness (QED) is 0.553. The van der Waals surface area contributed by atoms with E-state index in [0.717, 1.165) is 18.7 Å². The lowest BCUT2D eigenvalue weighted by atomic mass is 10.2. The Morgan fingerprint density at radius 3 is 2.93 bits per heavy atom. The Morgan fingerprint density at radius 1 is 1.33 bits per heavy atom. The van der Waals surface area contributed by atoms with Crippen molar-refractivity contribution >= 4 is 11.6 Å². The third-order valence-electron chi connectivity index (χ3n) is 1.88. The van der Waals surface area contributed by atoms with E-state index in [4.69, 9.17) is 16.3 Å².